The molecule has 1 aromatic rings. The van der Waals surface area contributed by atoms with Crippen molar-refractivity contribution in [1.82, 2.24) is 0 Å². The van der Waals surface area contributed by atoms with E-state index in [0.29, 0.717) is 23.7 Å². The number of methoxy groups -OCH3 is 2. The van der Waals surface area contributed by atoms with Gasteiger partial charge in [0.25, 0.3) is 0 Å². The summed E-state index contributed by atoms with van der Waals surface area (Å²) in [7, 11) is 3.03. The third-order valence-electron chi connectivity index (χ3n) is 2.39. The van der Waals surface area contributed by atoms with Gasteiger partial charge < -0.3 is 19.3 Å². The zero-order valence-corrected chi connectivity index (χ0v) is 10.8. The highest BCUT2D eigenvalue weighted by Crippen LogP contribution is 2.28. The van der Waals surface area contributed by atoms with Gasteiger partial charge in [-0.15, -0.1) is 0 Å². The van der Waals surface area contributed by atoms with Gasteiger partial charge in [0.15, 0.2) is 6.10 Å². The summed E-state index contributed by atoms with van der Waals surface area (Å²) in [6.45, 7) is 2.31. The van der Waals surface area contributed by atoms with Crippen molar-refractivity contribution in [2.75, 3.05) is 20.8 Å². The molecule has 0 spiro atoms. The Bertz CT molecular complexity index is 380. The van der Waals surface area contributed by atoms with Crippen molar-refractivity contribution in [2.24, 2.45) is 0 Å². The summed E-state index contributed by atoms with van der Waals surface area (Å²) in [6, 6.07) is 4.95. The summed E-state index contributed by atoms with van der Waals surface area (Å²) in [5.74, 6) is 0.0464. The molecule has 1 atom stereocenters. The van der Waals surface area contributed by atoms with Crippen LogP contribution in [0.4, 0.5) is 0 Å². The number of rotatable bonds is 7. The first-order valence-electron chi connectivity index (χ1n) is 5.69. The highest BCUT2D eigenvalue weighted by Gasteiger charge is 2.21. The summed E-state index contributed by atoms with van der Waals surface area (Å²) < 4.78 is 15.5. The zero-order valence-electron chi connectivity index (χ0n) is 10.8. The number of aliphatic carboxylic acids is 1. The standard InChI is InChI=1S/C13H18O5/c1-4-5-18-12(13(14)15)9-6-10(16-2)8-11(7-9)17-3/h6-8,12H,4-5H2,1-3H3,(H,14,15). The van der Waals surface area contributed by atoms with Crippen LogP contribution in [0.15, 0.2) is 18.2 Å². The first-order valence-corrected chi connectivity index (χ1v) is 5.69. The summed E-state index contributed by atoms with van der Waals surface area (Å²) in [4.78, 5) is 11.2. The van der Waals surface area contributed by atoms with E-state index in [1.54, 1.807) is 18.2 Å². The summed E-state index contributed by atoms with van der Waals surface area (Å²) >= 11 is 0. The largest absolute Gasteiger partial charge is 0.497 e. The maximum Gasteiger partial charge on any atom is 0.337 e. The molecule has 0 aliphatic heterocycles. The van der Waals surface area contributed by atoms with Crippen molar-refractivity contribution < 1.29 is 24.1 Å². The lowest BCUT2D eigenvalue weighted by atomic mass is 10.1. The number of carboxylic acids is 1. The fourth-order valence-corrected chi connectivity index (χ4v) is 1.53. The number of carboxylic acid groups (broad SMARTS) is 1. The molecule has 0 saturated heterocycles. The van der Waals surface area contributed by atoms with Crippen LogP contribution < -0.4 is 9.47 Å². The minimum Gasteiger partial charge on any atom is -0.497 e. The summed E-state index contributed by atoms with van der Waals surface area (Å²) in [6.07, 6.45) is -0.251. The molecule has 1 unspecified atom stereocenters. The molecule has 0 bridgehead atoms. The molecule has 0 aliphatic rings. The second-order valence-electron chi connectivity index (χ2n) is 3.74. The van der Waals surface area contributed by atoms with E-state index >= 15 is 0 Å². The van der Waals surface area contributed by atoms with Crippen LogP contribution in [0, 0.1) is 0 Å². The van der Waals surface area contributed by atoms with Gasteiger partial charge in [0, 0.05) is 12.7 Å². The Hall–Kier alpha value is -1.75. The monoisotopic (exact) mass is 254 g/mol. The van der Waals surface area contributed by atoms with Gasteiger partial charge in [0.05, 0.1) is 14.2 Å². The molecular weight excluding hydrogens is 236 g/mol. The van der Waals surface area contributed by atoms with E-state index in [1.807, 2.05) is 6.92 Å². The van der Waals surface area contributed by atoms with Gasteiger partial charge in [-0.2, -0.15) is 0 Å². The second-order valence-corrected chi connectivity index (χ2v) is 3.74. The molecule has 0 radical (unpaired) electrons. The molecule has 0 amide bonds. The molecule has 1 aromatic carbocycles. The minimum atomic E-state index is -1.03. The summed E-state index contributed by atoms with van der Waals surface area (Å²) in [5.41, 5.74) is 0.507. The van der Waals surface area contributed by atoms with Crippen LogP contribution in [-0.4, -0.2) is 31.9 Å². The lowest BCUT2D eigenvalue weighted by molar-refractivity contribution is -0.150. The Kier molecular flexibility index (Phi) is 5.45. The normalized spacial score (nSPS) is 11.9. The number of hydrogen-bond acceptors (Lipinski definition) is 4. The van der Waals surface area contributed by atoms with E-state index < -0.39 is 12.1 Å². The number of ether oxygens (including phenoxy) is 3. The zero-order chi connectivity index (χ0) is 13.5. The topological polar surface area (TPSA) is 65.0 Å². The van der Waals surface area contributed by atoms with E-state index in [0.717, 1.165) is 6.42 Å². The Morgan fingerprint density at radius 2 is 1.78 bits per heavy atom. The van der Waals surface area contributed by atoms with Crippen LogP contribution in [0.25, 0.3) is 0 Å². The Balaban J connectivity index is 3.05. The van der Waals surface area contributed by atoms with Gasteiger partial charge in [0.1, 0.15) is 11.5 Å². The van der Waals surface area contributed by atoms with E-state index in [1.165, 1.54) is 14.2 Å². The van der Waals surface area contributed by atoms with Crippen LogP contribution in [0.2, 0.25) is 0 Å². The van der Waals surface area contributed by atoms with Crippen LogP contribution >= 0.6 is 0 Å². The third kappa shape index (κ3) is 3.63. The number of hydrogen-bond donors (Lipinski definition) is 1. The Morgan fingerprint density at radius 3 is 2.17 bits per heavy atom. The molecule has 1 rings (SSSR count). The van der Waals surface area contributed by atoms with Crippen molar-refractivity contribution in [3.8, 4) is 11.5 Å². The van der Waals surface area contributed by atoms with Crippen LogP contribution in [0.5, 0.6) is 11.5 Å². The van der Waals surface area contributed by atoms with Crippen LogP contribution in [-0.2, 0) is 9.53 Å². The van der Waals surface area contributed by atoms with Gasteiger partial charge in [-0.1, -0.05) is 6.92 Å². The van der Waals surface area contributed by atoms with Crippen molar-refractivity contribution in [2.45, 2.75) is 19.4 Å². The van der Waals surface area contributed by atoms with Crippen molar-refractivity contribution in [3.63, 3.8) is 0 Å². The van der Waals surface area contributed by atoms with E-state index in [-0.39, 0.29) is 0 Å². The quantitative estimate of drug-likeness (QED) is 0.808. The average molecular weight is 254 g/mol. The molecule has 0 aliphatic carbocycles. The molecule has 5 nitrogen and oxygen atoms in total. The molecule has 0 saturated carbocycles. The maximum atomic E-state index is 11.2. The molecule has 100 valence electrons. The summed E-state index contributed by atoms with van der Waals surface area (Å²) in [5, 5.41) is 9.17. The van der Waals surface area contributed by atoms with Crippen molar-refractivity contribution in [3.05, 3.63) is 23.8 Å². The second kappa shape index (κ2) is 6.86. The van der Waals surface area contributed by atoms with E-state index in [2.05, 4.69) is 0 Å². The van der Waals surface area contributed by atoms with Gasteiger partial charge >= 0.3 is 5.97 Å². The van der Waals surface area contributed by atoms with Crippen molar-refractivity contribution in [1.29, 1.82) is 0 Å². The number of carbonyl (C=O) groups is 1. The van der Waals surface area contributed by atoms with E-state index in [4.69, 9.17) is 14.2 Å². The predicted octanol–water partition coefficient (Wildman–Crippen LogP) is 2.26. The molecule has 18 heavy (non-hydrogen) atoms. The molecule has 0 aromatic heterocycles. The van der Waals surface area contributed by atoms with Crippen molar-refractivity contribution >= 4 is 5.97 Å². The minimum absolute atomic E-state index is 0.385. The van der Waals surface area contributed by atoms with E-state index in [9.17, 15) is 9.90 Å². The van der Waals surface area contributed by atoms with Crippen LogP contribution in [0.1, 0.15) is 25.0 Å². The van der Waals surface area contributed by atoms with Gasteiger partial charge in [0.2, 0.25) is 0 Å². The Morgan fingerprint density at radius 1 is 1.22 bits per heavy atom. The SMILES string of the molecule is CCCOC(C(=O)O)c1cc(OC)cc(OC)c1. The van der Waals surface area contributed by atoms with Crippen LogP contribution in [0.3, 0.4) is 0 Å². The third-order valence-corrected chi connectivity index (χ3v) is 2.39. The van der Waals surface area contributed by atoms with Gasteiger partial charge in [-0.3, -0.25) is 0 Å². The molecule has 1 N–H and O–H groups in total. The molecule has 0 heterocycles. The highest BCUT2D eigenvalue weighted by molar-refractivity contribution is 5.74. The lowest BCUT2D eigenvalue weighted by Crippen LogP contribution is -2.16. The fraction of sp³-hybridized carbons (Fsp3) is 0.462. The maximum absolute atomic E-state index is 11.2. The lowest BCUT2D eigenvalue weighted by Gasteiger charge is -2.15. The molecule has 5 heteroatoms. The highest BCUT2D eigenvalue weighted by atomic mass is 16.5. The molecule has 0 fully saturated rings. The first kappa shape index (κ1) is 14.3. The van der Waals surface area contributed by atoms with Gasteiger partial charge in [-0.25, -0.2) is 4.79 Å². The Labute approximate surface area is 106 Å². The first-order chi connectivity index (χ1) is 8.62. The fourth-order valence-electron chi connectivity index (χ4n) is 1.53. The van der Waals surface area contributed by atoms with Gasteiger partial charge in [-0.05, 0) is 24.1 Å². The molecular formula is C13H18O5. The smallest absolute Gasteiger partial charge is 0.337 e. The predicted molar refractivity (Wildman–Crippen MR) is 66.2 cm³/mol. The average Bonchev–Trinajstić information content (AvgIpc) is 2.38. The number of benzene rings is 1.